The van der Waals surface area contributed by atoms with Crippen molar-refractivity contribution in [3.8, 4) is 0 Å². The molecule has 35 heavy (non-hydrogen) atoms. The number of carbonyl (C=O) groups is 1. The fraction of sp³-hybridized carbons (Fsp3) is 0.440. The van der Waals surface area contributed by atoms with E-state index < -0.39 is 0 Å². The molecule has 9 nitrogen and oxygen atoms in total. The number of amides is 1. The minimum Gasteiger partial charge on any atom is -0.355 e. The van der Waals surface area contributed by atoms with Crippen LogP contribution in [0.4, 0.5) is 11.5 Å². The molecule has 1 fully saturated rings. The number of rotatable bonds is 6. The van der Waals surface area contributed by atoms with Crippen molar-refractivity contribution in [1.29, 1.82) is 0 Å². The van der Waals surface area contributed by atoms with Gasteiger partial charge in [0.2, 0.25) is 5.91 Å². The van der Waals surface area contributed by atoms with E-state index in [1.807, 2.05) is 18.3 Å². The van der Waals surface area contributed by atoms with E-state index in [0.29, 0.717) is 0 Å². The van der Waals surface area contributed by atoms with Crippen molar-refractivity contribution >= 4 is 49.9 Å². The first-order chi connectivity index (χ1) is 17.1. The Morgan fingerprint density at radius 2 is 2.11 bits per heavy atom. The number of fused-ring (bicyclic) bond motifs is 4. The van der Waals surface area contributed by atoms with Crippen LogP contribution in [0.1, 0.15) is 16.9 Å². The third kappa shape index (κ3) is 4.61. The number of H-pyrrole nitrogens is 1. The molecule has 0 spiro atoms. The van der Waals surface area contributed by atoms with Crippen LogP contribution in [0.3, 0.4) is 0 Å². The molecule has 3 N–H and O–H groups in total. The number of anilines is 2. The number of benzene rings is 1. The molecule has 10 heteroatoms. The van der Waals surface area contributed by atoms with Gasteiger partial charge in [0.25, 0.3) is 0 Å². The maximum atomic E-state index is 12.9. The van der Waals surface area contributed by atoms with Crippen LogP contribution in [0.15, 0.2) is 30.7 Å². The van der Waals surface area contributed by atoms with Gasteiger partial charge in [-0.1, -0.05) is 0 Å². The van der Waals surface area contributed by atoms with Crippen molar-refractivity contribution in [3.05, 3.63) is 41.2 Å². The smallest absolute Gasteiger partial charge is 0.223 e. The molecule has 1 atom stereocenters. The normalized spacial score (nSPS) is 19.2. The average Bonchev–Trinajstić information content (AvgIpc) is 3.49. The maximum absolute atomic E-state index is 12.9. The molecule has 1 saturated heterocycles. The lowest BCUT2D eigenvalue weighted by atomic mass is 9.87. The second-order valence-corrected chi connectivity index (χ2v) is 10.7. The number of carbonyl (C=O) groups excluding carboxylic acids is 1. The number of thiophene rings is 1. The first-order valence-electron chi connectivity index (χ1n) is 12.3. The van der Waals surface area contributed by atoms with Gasteiger partial charge in [-0.2, -0.15) is 5.10 Å². The van der Waals surface area contributed by atoms with Gasteiger partial charge in [0.15, 0.2) is 0 Å². The van der Waals surface area contributed by atoms with E-state index in [9.17, 15) is 4.79 Å². The number of aromatic nitrogens is 4. The van der Waals surface area contributed by atoms with Crippen molar-refractivity contribution in [2.45, 2.75) is 19.3 Å². The molecule has 0 bridgehead atoms. The summed E-state index contributed by atoms with van der Waals surface area (Å²) in [6.07, 6.45) is 5.94. The average molecular weight is 491 g/mol. The summed E-state index contributed by atoms with van der Waals surface area (Å²) in [6, 6.07) is 6.10. The van der Waals surface area contributed by atoms with Crippen LogP contribution in [0.5, 0.6) is 0 Å². The predicted octanol–water partition coefficient (Wildman–Crippen LogP) is 2.78. The van der Waals surface area contributed by atoms with E-state index in [1.54, 1.807) is 17.7 Å². The van der Waals surface area contributed by atoms with Gasteiger partial charge in [0.1, 0.15) is 17.0 Å². The molecule has 4 aromatic rings. The maximum Gasteiger partial charge on any atom is 0.223 e. The third-order valence-corrected chi connectivity index (χ3v) is 8.40. The summed E-state index contributed by atoms with van der Waals surface area (Å²) < 4.78 is 0. The Morgan fingerprint density at radius 3 is 3.00 bits per heavy atom. The molecule has 1 amide bonds. The molecule has 0 saturated carbocycles. The van der Waals surface area contributed by atoms with Crippen molar-refractivity contribution < 1.29 is 4.79 Å². The van der Waals surface area contributed by atoms with Crippen LogP contribution in [0.25, 0.3) is 21.1 Å². The Morgan fingerprint density at radius 1 is 1.23 bits per heavy atom. The van der Waals surface area contributed by atoms with E-state index in [1.165, 1.54) is 10.4 Å². The Kier molecular flexibility index (Phi) is 6.09. The van der Waals surface area contributed by atoms with Crippen molar-refractivity contribution in [1.82, 2.24) is 35.3 Å². The number of nitrogens with one attached hydrogen (secondary N) is 3. The highest BCUT2D eigenvalue weighted by molar-refractivity contribution is 7.19. The summed E-state index contributed by atoms with van der Waals surface area (Å²) in [5.74, 6) is 1.03. The fourth-order valence-corrected chi connectivity index (χ4v) is 6.41. The van der Waals surface area contributed by atoms with Crippen molar-refractivity contribution in [2.75, 3.05) is 51.6 Å². The highest BCUT2D eigenvalue weighted by Crippen LogP contribution is 2.40. The standard InChI is InChI=1S/C25H30N8OS/c1-32-8-10-33(11-9-32)7-6-26-24(34)16-2-4-19-21(13-16)35-25-22(19)23(27-15-28-25)30-18-3-5-20-17(12-18)14-29-31-20/h3,5,12,14-16H,2,4,6-11,13H2,1H3,(H,26,34)(H,29,31)(H,27,28,30). The van der Waals surface area contributed by atoms with Crippen LogP contribution in [0, 0.1) is 5.92 Å². The monoisotopic (exact) mass is 490 g/mol. The van der Waals surface area contributed by atoms with Gasteiger partial charge < -0.3 is 15.5 Å². The Balaban J connectivity index is 1.13. The zero-order valence-electron chi connectivity index (χ0n) is 19.9. The van der Waals surface area contributed by atoms with Crippen molar-refractivity contribution in [2.24, 2.45) is 5.92 Å². The van der Waals surface area contributed by atoms with Gasteiger partial charge in [-0.05, 0) is 50.1 Å². The molecule has 1 aromatic carbocycles. The highest BCUT2D eigenvalue weighted by atomic mass is 32.1. The van der Waals surface area contributed by atoms with Gasteiger partial charge in [0, 0.05) is 61.1 Å². The second-order valence-electron chi connectivity index (χ2n) is 9.58. The number of piperazine rings is 1. The summed E-state index contributed by atoms with van der Waals surface area (Å²) >= 11 is 1.70. The van der Waals surface area contributed by atoms with E-state index in [0.717, 1.165) is 91.2 Å². The third-order valence-electron chi connectivity index (χ3n) is 7.24. The summed E-state index contributed by atoms with van der Waals surface area (Å²) in [5.41, 5.74) is 3.26. The molecule has 182 valence electrons. The summed E-state index contributed by atoms with van der Waals surface area (Å²) in [6.45, 7) is 6.00. The molecule has 4 heterocycles. The predicted molar refractivity (Wildman–Crippen MR) is 139 cm³/mol. The van der Waals surface area contributed by atoms with E-state index in [-0.39, 0.29) is 11.8 Å². The quantitative estimate of drug-likeness (QED) is 0.382. The van der Waals surface area contributed by atoms with Crippen LogP contribution in [0.2, 0.25) is 0 Å². The molecular weight excluding hydrogens is 460 g/mol. The van der Waals surface area contributed by atoms with Crippen LogP contribution in [-0.2, 0) is 17.6 Å². The van der Waals surface area contributed by atoms with Crippen LogP contribution < -0.4 is 10.6 Å². The number of nitrogens with zero attached hydrogens (tertiary/aromatic N) is 5. The van der Waals surface area contributed by atoms with Gasteiger partial charge in [-0.15, -0.1) is 11.3 Å². The number of aromatic amines is 1. The summed E-state index contributed by atoms with van der Waals surface area (Å²) in [7, 11) is 2.16. The van der Waals surface area contributed by atoms with Crippen LogP contribution >= 0.6 is 11.3 Å². The van der Waals surface area contributed by atoms with E-state index in [4.69, 9.17) is 0 Å². The molecule has 1 aliphatic heterocycles. The van der Waals surface area contributed by atoms with E-state index >= 15 is 0 Å². The number of hydrogen-bond donors (Lipinski definition) is 3. The Hall–Kier alpha value is -3.08. The fourth-order valence-electron chi connectivity index (χ4n) is 5.14. The van der Waals surface area contributed by atoms with E-state index in [2.05, 4.69) is 53.7 Å². The lowest BCUT2D eigenvalue weighted by Crippen LogP contribution is -2.47. The molecule has 3 aromatic heterocycles. The van der Waals surface area contributed by atoms with Gasteiger partial charge >= 0.3 is 0 Å². The Bertz CT molecular complexity index is 1360. The minimum absolute atomic E-state index is 0.0240. The van der Waals surface area contributed by atoms with Gasteiger partial charge in [-0.25, -0.2) is 9.97 Å². The van der Waals surface area contributed by atoms with Crippen molar-refractivity contribution in [3.63, 3.8) is 0 Å². The molecule has 1 aliphatic carbocycles. The Labute approximate surface area is 207 Å². The molecule has 0 radical (unpaired) electrons. The second kappa shape index (κ2) is 9.52. The number of hydrogen-bond acceptors (Lipinski definition) is 8. The van der Waals surface area contributed by atoms with Gasteiger partial charge in [-0.3, -0.25) is 14.8 Å². The highest BCUT2D eigenvalue weighted by Gasteiger charge is 2.29. The summed E-state index contributed by atoms with van der Waals surface area (Å²) in [4.78, 5) is 29.1. The molecule has 1 unspecified atom stereocenters. The molecular formula is C25H30N8OS. The lowest BCUT2D eigenvalue weighted by Gasteiger charge is -2.32. The lowest BCUT2D eigenvalue weighted by molar-refractivity contribution is -0.125. The zero-order chi connectivity index (χ0) is 23.8. The first kappa shape index (κ1) is 22.4. The first-order valence-corrected chi connectivity index (χ1v) is 13.1. The summed E-state index contributed by atoms with van der Waals surface area (Å²) in [5, 5.41) is 15.9. The largest absolute Gasteiger partial charge is 0.355 e. The minimum atomic E-state index is 0.0240. The topological polar surface area (TPSA) is 102 Å². The SMILES string of the molecule is CN1CCN(CCNC(=O)C2CCc3c(sc4ncnc(Nc5ccc6[nH]ncc6c5)c34)C2)CC1. The number of likely N-dealkylation sites (N-methyl/N-ethyl adjacent to an activating group) is 1. The van der Waals surface area contributed by atoms with Crippen LogP contribution in [-0.4, -0.2) is 82.2 Å². The zero-order valence-corrected chi connectivity index (χ0v) is 20.7. The van der Waals surface area contributed by atoms with Gasteiger partial charge in [0.05, 0.1) is 17.1 Å². The molecule has 6 rings (SSSR count). The number of aryl methyl sites for hydroxylation is 1. The molecule has 2 aliphatic rings.